The molecule has 15 heavy (non-hydrogen) atoms. The standard InChI is InChI=1S/C10H9N3O2/c1-8-7-11-13(12-8)15-10(14)9-5-3-2-4-6-9/h2-7H,1H3. The van der Waals surface area contributed by atoms with Gasteiger partial charge in [-0.15, -0.1) is 10.2 Å². The highest BCUT2D eigenvalue weighted by Crippen LogP contribution is 1.98. The molecule has 5 nitrogen and oxygen atoms in total. The van der Waals surface area contributed by atoms with Gasteiger partial charge < -0.3 is 0 Å². The molecule has 0 radical (unpaired) electrons. The van der Waals surface area contributed by atoms with Crippen LogP contribution in [-0.2, 0) is 0 Å². The van der Waals surface area contributed by atoms with Crippen molar-refractivity contribution in [1.29, 1.82) is 0 Å². The van der Waals surface area contributed by atoms with E-state index in [0.29, 0.717) is 11.3 Å². The summed E-state index contributed by atoms with van der Waals surface area (Å²) >= 11 is 0. The molecular weight excluding hydrogens is 194 g/mol. The lowest BCUT2D eigenvalue weighted by Crippen LogP contribution is -2.22. The summed E-state index contributed by atoms with van der Waals surface area (Å²) in [5.74, 6) is -0.480. The van der Waals surface area contributed by atoms with E-state index in [0.717, 1.165) is 4.96 Å². The van der Waals surface area contributed by atoms with Crippen LogP contribution in [0.3, 0.4) is 0 Å². The van der Waals surface area contributed by atoms with Crippen LogP contribution < -0.4 is 4.84 Å². The van der Waals surface area contributed by atoms with Crippen LogP contribution in [0.4, 0.5) is 0 Å². The lowest BCUT2D eigenvalue weighted by Gasteiger charge is -1.99. The normalized spacial score (nSPS) is 9.93. The fourth-order valence-corrected chi connectivity index (χ4v) is 1.06. The second-order valence-electron chi connectivity index (χ2n) is 2.98. The van der Waals surface area contributed by atoms with Crippen molar-refractivity contribution in [3.05, 3.63) is 47.8 Å². The Kier molecular flexibility index (Phi) is 2.45. The first-order valence-corrected chi connectivity index (χ1v) is 4.42. The number of benzene rings is 1. The molecule has 0 spiro atoms. The van der Waals surface area contributed by atoms with Gasteiger partial charge in [-0.05, 0) is 19.1 Å². The lowest BCUT2D eigenvalue weighted by molar-refractivity contribution is 0.0305. The molecule has 1 aromatic heterocycles. The number of aryl methyl sites for hydroxylation is 1. The van der Waals surface area contributed by atoms with E-state index in [4.69, 9.17) is 4.84 Å². The van der Waals surface area contributed by atoms with Gasteiger partial charge in [-0.1, -0.05) is 18.2 Å². The molecule has 0 amide bonds. The van der Waals surface area contributed by atoms with Gasteiger partial charge in [-0.2, -0.15) is 0 Å². The number of rotatable bonds is 2. The second kappa shape index (κ2) is 3.91. The fourth-order valence-electron chi connectivity index (χ4n) is 1.06. The Morgan fingerprint density at radius 2 is 2.07 bits per heavy atom. The van der Waals surface area contributed by atoms with Crippen molar-refractivity contribution in [3.63, 3.8) is 0 Å². The summed E-state index contributed by atoms with van der Waals surface area (Å²) in [6.07, 6.45) is 1.51. The third-order valence-corrected chi connectivity index (χ3v) is 1.76. The maximum Gasteiger partial charge on any atom is 0.367 e. The summed E-state index contributed by atoms with van der Waals surface area (Å²) in [6.45, 7) is 1.76. The van der Waals surface area contributed by atoms with Crippen LogP contribution in [0.1, 0.15) is 16.1 Å². The van der Waals surface area contributed by atoms with Gasteiger partial charge >= 0.3 is 5.97 Å². The van der Waals surface area contributed by atoms with E-state index in [9.17, 15) is 4.79 Å². The van der Waals surface area contributed by atoms with Gasteiger partial charge in [0.05, 0.1) is 17.5 Å². The third kappa shape index (κ3) is 2.19. The van der Waals surface area contributed by atoms with Gasteiger partial charge in [-0.25, -0.2) is 4.79 Å². The molecule has 0 aliphatic carbocycles. The zero-order valence-corrected chi connectivity index (χ0v) is 8.12. The van der Waals surface area contributed by atoms with Crippen molar-refractivity contribution in [2.24, 2.45) is 0 Å². The smallest absolute Gasteiger partial charge is 0.296 e. The van der Waals surface area contributed by atoms with Crippen LogP contribution in [0.15, 0.2) is 36.5 Å². The highest BCUT2D eigenvalue weighted by Gasteiger charge is 2.08. The average molecular weight is 203 g/mol. The van der Waals surface area contributed by atoms with Crippen molar-refractivity contribution < 1.29 is 9.63 Å². The van der Waals surface area contributed by atoms with Crippen molar-refractivity contribution in [2.45, 2.75) is 6.92 Å². The zero-order valence-electron chi connectivity index (χ0n) is 8.12. The molecule has 76 valence electrons. The fraction of sp³-hybridized carbons (Fsp3) is 0.100. The Morgan fingerprint density at radius 3 is 2.67 bits per heavy atom. The molecule has 0 aliphatic heterocycles. The third-order valence-electron chi connectivity index (χ3n) is 1.76. The lowest BCUT2D eigenvalue weighted by atomic mass is 10.2. The van der Waals surface area contributed by atoms with E-state index >= 15 is 0 Å². The predicted molar refractivity (Wildman–Crippen MR) is 52.1 cm³/mol. The number of carbonyl (C=O) groups is 1. The van der Waals surface area contributed by atoms with E-state index < -0.39 is 5.97 Å². The van der Waals surface area contributed by atoms with Crippen LogP contribution >= 0.6 is 0 Å². The first-order chi connectivity index (χ1) is 7.25. The Hall–Kier alpha value is -2.17. The molecule has 0 aliphatic rings. The van der Waals surface area contributed by atoms with E-state index in [1.165, 1.54) is 6.20 Å². The largest absolute Gasteiger partial charge is 0.367 e. The summed E-state index contributed by atoms with van der Waals surface area (Å²) in [5, 5.41) is 7.58. The summed E-state index contributed by atoms with van der Waals surface area (Å²) in [7, 11) is 0. The number of hydrogen-bond donors (Lipinski definition) is 0. The van der Waals surface area contributed by atoms with E-state index in [-0.39, 0.29) is 0 Å². The molecule has 0 unspecified atom stereocenters. The maximum absolute atomic E-state index is 11.5. The van der Waals surface area contributed by atoms with Crippen LogP contribution in [0.5, 0.6) is 0 Å². The molecule has 0 atom stereocenters. The van der Waals surface area contributed by atoms with E-state index in [1.807, 2.05) is 6.07 Å². The van der Waals surface area contributed by atoms with Crippen LogP contribution in [0, 0.1) is 6.92 Å². The number of aromatic nitrogens is 3. The quantitative estimate of drug-likeness (QED) is 0.726. The molecule has 2 rings (SSSR count). The molecule has 5 heteroatoms. The molecule has 2 aromatic rings. The van der Waals surface area contributed by atoms with Crippen LogP contribution in [0.25, 0.3) is 0 Å². The number of carbonyl (C=O) groups excluding carboxylic acids is 1. The van der Waals surface area contributed by atoms with E-state index in [1.54, 1.807) is 31.2 Å². The number of hydrogen-bond acceptors (Lipinski definition) is 4. The van der Waals surface area contributed by atoms with Gasteiger partial charge in [0.1, 0.15) is 0 Å². The highest BCUT2D eigenvalue weighted by atomic mass is 16.7. The minimum atomic E-state index is -0.480. The van der Waals surface area contributed by atoms with Gasteiger partial charge in [0.15, 0.2) is 0 Å². The van der Waals surface area contributed by atoms with E-state index in [2.05, 4.69) is 10.2 Å². The average Bonchev–Trinajstić information content (AvgIpc) is 2.65. The molecular formula is C10H9N3O2. The molecule has 0 saturated heterocycles. The van der Waals surface area contributed by atoms with Gasteiger partial charge in [0.2, 0.25) is 0 Å². The van der Waals surface area contributed by atoms with Crippen molar-refractivity contribution in [1.82, 2.24) is 15.2 Å². The van der Waals surface area contributed by atoms with Crippen molar-refractivity contribution >= 4 is 5.97 Å². The van der Waals surface area contributed by atoms with Gasteiger partial charge in [0, 0.05) is 4.96 Å². The molecule has 0 N–H and O–H groups in total. The summed E-state index contributed by atoms with van der Waals surface area (Å²) in [6, 6.07) is 8.68. The SMILES string of the molecule is Cc1cnn(OC(=O)c2ccccc2)n1. The van der Waals surface area contributed by atoms with Crippen molar-refractivity contribution in [2.75, 3.05) is 0 Å². The zero-order chi connectivity index (χ0) is 10.7. The maximum atomic E-state index is 11.5. The molecule has 0 fully saturated rings. The van der Waals surface area contributed by atoms with Gasteiger partial charge in [-0.3, -0.25) is 4.84 Å². The first-order valence-electron chi connectivity index (χ1n) is 4.42. The second-order valence-corrected chi connectivity index (χ2v) is 2.98. The Morgan fingerprint density at radius 1 is 1.33 bits per heavy atom. The van der Waals surface area contributed by atoms with Gasteiger partial charge in [0.25, 0.3) is 0 Å². The minimum absolute atomic E-state index is 0.465. The van der Waals surface area contributed by atoms with Crippen LogP contribution in [-0.4, -0.2) is 21.1 Å². The monoisotopic (exact) mass is 203 g/mol. The molecule has 1 aromatic carbocycles. The molecule has 0 bridgehead atoms. The predicted octanol–water partition coefficient (Wildman–Crippen LogP) is 0.856. The molecule has 0 saturated carbocycles. The Bertz CT molecular complexity index is 465. The minimum Gasteiger partial charge on any atom is -0.296 e. The van der Waals surface area contributed by atoms with Crippen molar-refractivity contribution in [3.8, 4) is 0 Å². The Balaban J connectivity index is 2.11. The Labute approximate surface area is 86.2 Å². The summed E-state index contributed by atoms with van der Waals surface area (Å²) < 4.78 is 0. The number of nitrogens with zero attached hydrogens (tertiary/aromatic N) is 3. The molecule has 1 heterocycles. The topological polar surface area (TPSA) is 57.0 Å². The summed E-state index contributed by atoms with van der Waals surface area (Å²) in [4.78, 5) is 17.3. The summed E-state index contributed by atoms with van der Waals surface area (Å²) in [5.41, 5.74) is 1.16. The highest BCUT2D eigenvalue weighted by molar-refractivity contribution is 5.89. The van der Waals surface area contributed by atoms with Crippen LogP contribution in [0.2, 0.25) is 0 Å². The first kappa shape index (κ1) is 9.39.